The Morgan fingerprint density at radius 1 is 0.784 bits per heavy atom. The Balaban J connectivity index is 1.38. The van der Waals surface area contributed by atoms with Crippen molar-refractivity contribution in [1.29, 1.82) is 0 Å². The normalized spacial score (nSPS) is 16.6. The largest absolute Gasteiger partial charge is 0.359 e. The van der Waals surface area contributed by atoms with Crippen LogP contribution in [0.1, 0.15) is 22.1 Å². The van der Waals surface area contributed by atoms with Crippen LogP contribution in [-0.4, -0.2) is 31.8 Å². The topological polar surface area (TPSA) is 166 Å². The minimum absolute atomic E-state index is 0.144. The van der Waals surface area contributed by atoms with E-state index < -0.39 is 36.2 Å². The molecule has 2 aliphatic heterocycles. The number of hydrogen-bond acceptors (Lipinski definition) is 8. The number of nitrogens with one attached hydrogen (secondary N) is 1. The van der Waals surface area contributed by atoms with Gasteiger partial charge in [0, 0.05) is 16.5 Å². The SMILES string of the molecule is O=C1c2cccc3cccc(c23)C2Nc3cc(/N=N/c4cc(S(=O)(=O)O)cc(S(=O)(=O)O)c4)ccc3N12. The zero-order valence-electron chi connectivity index (χ0n) is 18.6. The summed E-state index contributed by atoms with van der Waals surface area (Å²) in [6.45, 7) is 0. The molecule has 11 nitrogen and oxygen atoms in total. The molecule has 4 aromatic rings. The third-order valence-corrected chi connectivity index (χ3v) is 7.88. The molecule has 0 saturated heterocycles. The van der Waals surface area contributed by atoms with Gasteiger partial charge in [-0.2, -0.15) is 27.1 Å². The van der Waals surface area contributed by atoms with Crippen LogP contribution in [0.5, 0.6) is 0 Å². The molecule has 37 heavy (non-hydrogen) atoms. The van der Waals surface area contributed by atoms with Crippen LogP contribution in [0.4, 0.5) is 22.7 Å². The summed E-state index contributed by atoms with van der Waals surface area (Å²) in [4.78, 5) is 13.5. The summed E-state index contributed by atoms with van der Waals surface area (Å²) in [6.07, 6.45) is -0.419. The Kier molecular flexibility index (Phi) is 4.97. The minimum Gasteiger partial charge on any atom is -0.359 e. The van der Waals surface area contributed by atoms with Gasteiger partial charge in [0.25, 0.3) is 26.1 Å². The summed E-state index contributed by atoms with van der Waals surface area (Å²) in [5.74, 6) is -0.144. The Morgan fingerprint density at radius 3 is 2.11 bits per heavy atom. The maximum atomic E-state index is 13.4. The fourth-order valence-electron chi connectivity index (χ4n) is 4.64. The summed E-state index contributed by atoms with van der Waals surface area (Å²) in [7, 11) is -9.56. The minimum atomic E-state index is -4.78. The lowest BCUT2D eigenvalue weighted by molar-refractivity contribution is 0.0980. The van der Waals surface area contributed by atoms with Crippen molar-refractivity contribution >= 4 is 59.7 Å². The lowest BCUT2D eigenvalue weighted by atomic mass is 9.93. The predicted molar refractivity (Wildman–Crippen MR) is 134 cm³/mol. The molecule has 4 aromatic carbocycles. The van der Waals surface area contributed by atoms with Crippen LogP contribution in [0.15, 0.2) is 92.8 Å². The summed E-state index contributed by atoms with van der Waals surface area (Å²) in [5.41, 5.74) is 2.90. The molecule has 186 valence electrons. The lowest BCUT2D eigenvalue weighted by Crippen LogP contribution is -2.37. The lowest BCUT2D eigenvalue weighted by Gasteiger charge is -2.31. The molecular weight excluding hydrogens is 520 g/mol. The second-order valence-electron chi connectivity index (χ2n) is 8.49. The van der Waals surface area contributed by atoms with Crippen LogP contribution in [-0.2, 0) is 20.2 Å². The maximum Gasteiger partial charge on any atom is 0.294 e. The number of azo groups is 1. The highest BCUT2D eigenvalue weighted by molar-refractivity contribution is 7.86. The number of benzene rings is 4. The quantitative estimate of drug-likeness (QED) is 0.246. The van der Waals surface area contributed by atoms with Crippen LogP contribution in [0, 0.1) is 0 Å². The average molecular weight is 537 g/mol. The molecule has 0 spiro atoms. The van der Waals surface area contributed by atoms with Gasteiger partial charge in [0.2, 0.25) is 0 Å². The third kappa shape index (κ3) is 3.84. The van der Waals surface area contributed by atoms with E-state index in [4.69, 9.17) is 0 Å². The zero-order chi connectivity index (χ0) is 26.1. The molecule has 0 aliphatic carbocycles. The summed E-state index contributed by atoms with van der Waals surface area (Å²) >= 11 is 0. The Morgan fingerprint density at radius 2 is 1.43 bits per heavy atom. The molecule has 0 fully saturated rings. The van der Waals surface area contributed by atoms with Crippen LogP contribution in [0.25, 0.3) is 10.8 Å². The van der Waals surface area contributed by atoms with Gasteiger partial charge in [0.1, 0.15) is 6.17 Å². The van der Waals surface area contributed by atoms with E-state index in [1.807, 2.05) is 30.3 Å². The van der Waals surface area contributed by atoms with Crippen molar-refractivity contribution in [3.8, 4) is 0 Å². The second-order valence-corrected chi connectivity index (χ2v) is 11.3. The van der Waals surface area contributed by atoms with Crippen LogP contribution >= 0.6 is 0 Å². The van der Waals surface area contributed by atoms with Crippen molar-refractivity contribution in [2.75, 3.05) is 10.2 Å². The molecule has 6 rings (SSSR count). The average Bonchev–Trinajstić information content (AvgIpc) is 3.24. The molecule has 0 radical (unpaired) electrons. The van der Waals surface area contributed by atoms with Crippen molar-refractivity contribution in [1.82, 2.24) is 0 Å². The first-order valence-corrected chi connectivity index (χ1v) is 13.7. The van der Waals surface area contributed by atoms with E-state index in [0.29, 0.717) is 28.7 Å². The highest BCUT2D eigenvalue weighted by Gasteiger charge is 2.40. The first-order valence-electron chi connectivity index (χ1n) is 10.8. The molecule has 1 amide bonds. The Labute approximate surface area is 210 Å². The van der Waals surface area contributed by atoms with Crippen molar-refractivity contribution in [2.45, 2.75) is 16.0 Å². The monoisotopic (exact) mass is 536 g/mol. The van der Waals surface area contributed by atoms with Crippen molar-refractivity contribution in [3.05, 3.63) is 83.9 Å². The molecule has 3 N–H and O–H groups in total. The number of fused-ring (bicyclic) bond motifs is 4. The van der Waals surface area contributed by atoms with Gasteiger partial charge < -0.3 is 5.32 Å². The number of nitrogens with zero attached hydrogens (tertiary/aromatic N) is 3. The molecule has 13 heteroatoms. The maximum absolute atomic E-state index is 13.4. The summed E-state index contributed by atoms with van der Waals surface area (Å²) in [6, 6.07) is 18.8. The van der Waals surface area contributed by atoms with E-state index in [-0.39, 0.29) is 11.6 Å². The fourth-order valence-corrected chi connectivity index (χ4v) is 5.81. The van der Waals surface area contributed by atoms with E-state index in [2.05, 4.69) is 15.5 Å². The molecule has 1 unspecified atom stereocenters. The first-order chi connectivity index (χ1) is 17.5. The molecular formula is C24H16N4O7S2. The molecule has 1 atom stereocenters. The van der Waals surface area contributed by atoms with Crippen molar-refractivity contribution < 1.29 is 30.7 Å². The first kappa shape index (κ1) is 23.2. The molecule has 0 saturated carbocycles. The standard InChI is InChI=1S/C24H16N4O7S2/c29-24-19-6-2-4-13-3-1-5-18(22(13)19)23-25-20-11-14(7-8-21(20)28(23)24)26-27-15-9-16(36(30,31)32)12-17(10-15)37(33,34)35/h1-12,23,25H,(H,30,31,32)(H,33,34,35)/b27-26+. The Hall–Kier alpha value is -4.17. The molecule has 0 aromatic heterocycles. The van der Waals surface area contributed by atoms with E-state index >= 15 is 0 Å². The highest BCUT2D eigenvalue weighted by Crippen LogP contribution is 2.48. The summed E-state index contributed by atoms with van der Waals surface area (Å²) in [5, 5.41) is 13.1. The van der Waals surface area contributed by atoms with Gasteiger partial charge in [-0.1, -0.05) is 30.3 Å². The summed E-state index contributed by atoms with van der Waals surface area (Å²) < 4.78 is 64.8. The number of carbonyl (C=O) groups is 1. The van der Waals surface area contributed by atoms with Gasteiger partial charge in [-0.15, -0.1) is 0 Å². The van der Waals surface area contributed by atoms with Gasteiger partial charge >= 0.3 is 0 Å². The van der Waals surface area contributed by atoms with Crippen LogP contribution < -0.4 is 10.2 Å². The highest BCUT2D eigenvalue weighted by atomic mass is 32.2. The molecule has 2 heterocycles. The van der Waals surface area contributed by atoms with E-state index in [9.17, 15) is 30.7 Å². The number of rotatable bonds is 4. The zero-order valence-corrected chi connectivity index (χ0v) is 20.2. The number of amides is 1. The van der Waals surface area contributed by atoms with Gasteiger partial charge in [0.05, 0.1) is 32.5 Å². The van der Waals surface area contributed by atoms with Crippen molar-refractivity contribution in [3.63, 3.8) is 0 Å². The molecule has 2 aliphatic rings. The number of anilines is 2. The number of carbonyl (C=O) groups excluding carboxylic acids is 1. The third-order valence-electron chi connectivity index (χ3n) is 6.21. The fraction of sp³-hybridized carbons (Fsp3) is 0.0417. The van der Waals surface area contributed by atoms with E-state index in [1.54, 1.807) is 29.2 Å². The van der Waals surface area contributed by atoms with Gasteiger partial charge in [-0.25, -0.2) is 0 Å². The van der Waals surface area contributed by atoms with Gasteiger partial charge in [-0.3, -0.25) is 18.8 Å². The second kappa shape index (κ2) is 7.91. The van der Waals surface area contributed by atoms with E-state index in [0.717, 1.165) is 28.5 Å². The van der Waals surface area contributed by atoms with Crippen LogP contribution in [0.2, 0.25) is 0 Å². The van der Waals surface area contributed by atoms with Gasteiger partial charge in [-0.05, 0) is 47.9 Å². The Bertz CT molecular complexity index is 1850. The number of hydrogen-bond donors (Lipinski definition) is 3. The van der Waals surface area contributed by atoms with Gasteiger partial charge in [0.15, 0.2) is 0 Å². The smallest absolute Gasteiger partial charge is 0.294 e. The van der Waals surface area contributed by atoms with E-state index in [1.165, 1.54) is 0 Å². The predicted octanol–water partition coefficient (Wildman–Crippen LogP) is 4.83. The van der Waals surface area contributed by atoms with Crippen molar-refractivity contribution in [2.24, 2.45) is 10.2 Å². The van der Waals surface area contributed by atoms with Crippen LogP contribution in [0.3, 0.4) is 0 Å². The molecule has 0 bridgehead atoms.